The molecule has 2 aliphatic rings. The van der Waals surface area contributed by atoms with E-state index in [1.807, 2.05) is 0 Å². The number of hydrogen-bond acceptors (Lipinski definition) is 7. The van der Waals surface area contributed by atoms with Gasteiger partial charge in [0.05, 0.1) is 18.0 Å². The molecule has 0 bridgehead atoms. The summed E-state index contributed by atoms with van der Waals surface area (Å²) in [5.74, 6) is 2.20. The van der Waals surface area contributed by atoms with Gasteiger partial charge in [-0.25, -0.2) is 4.98 Å². The highest BCUT2D eigenvalue weighted by Crippen LogP contribution is 2.40. The molecule has 5 rings (SSSR count). The molecule has 2 heterocycles. The number of aryl methyl sites for hydroxylation is 2. The molecule has 2 aromatic carbocycles. The van der Waals surface area contributed by atoms with Gasteiger partial charge in [-0.15, -0.1) is 0 Å². The Bertz CT molecular complexity index is 1380. The molecule has 1 aromatic heterocycles. The maximum absolute atomic E-state index is 12.9. The normalized spacial score (nSPS) is 21.3. The summed E-state index contributed by atoms with van der Waals surface area (Å²) in [6.07, 6.45) is 8.69. The summed E-state index contributed by atoms with van der Waals surface area (Å²) >= 11 is 12.6. The van der Waals surface area contributed by atoms with Crippen molar-refractivity contribution in [1.82, 2.24) is 9.97 Å². The Labute approximate surface area is 240 Å². The SMILES string of the molecule is CP(C)(=O)c1cc(Cl)ccc1Nc1nc(Nc2ccc3c(c2)CC[C@@H](C[C@@H]2CO[C@H](CN)C2)CC3)ncc1Cl. The second-order valence-electron chi connectivity index (χ2n) is 11.1. The highest BCUT2D eigenvalue weighted by molar-refractivity contribution is 7.70. The van der Waals surface area contributed by atoms with E-state index in [9.17, 15) is 4.57 Å². The van der Waals surface area contributed by atoms with Gasteiger partial charge in [-0.3, -0.25) is 0 Å². The first kappa shape index (κ1) is 28.4. The summed E-state index contributed by atoms with van der Waals surface area (Å²) in [5.41, 5.74) is 10.2. The third-order valence-corrected chi connectivity index (χ3v) is 9.78. The highest BCUT2D eigenvalue weighted by atomic mass is 35.5. The van der Waals surface area contributed by atoms with Gasteiger partial charge in [0.15, 0.2) is 5.82 Å². The number of hydrogen-bond donors (Lipinski definition) is 3. The smallest absolute Gasteiger partial charge is 0.229 e. The van der Waals surface area contributed by atoms with Crippen LogP contribution in [-0.4, -0.2) is 42.6 Å². The summed E-state index contributed by atoms with van der Waals surface area (Å²) < 4.78 is 18.7. The van der Waals surface area contributed by atoms with E-state index in [-0.39, 0.29) is 6.10 Å². The molecule has 1 aliphatic heterocycles. The third kappa shape index (κ3) is 7.14. The van der Waals surface area contributed by atoms with E-state index in [2.05, 4.69) is 38.8 Å². The topological polar surface area (TPSA) is 102 Å². The van der Waals surface area contributed by atoms with Crippen LogP contribution in [0.4, 0.5) is 23.1 Å². The van der Waals surface area contributed by atoms with Crippen LogP contribution in [0.1, 0.15) is 36.8 Å². The molecule has 0 radical (unpaired) electrons. The van der Waals surface area contributed by atoms with Crippen molar-refractivity contribution in [3.8, 4) is 0 Å². The van der Waals surface area contributed by atoms with Gasteiger partial charge in [0, 0.05) is 29.2 Å². The van der Waals surface area contributed by atoms with Crippen LogP contribution in [0.25, 0.3) is 0 Å². The van der Waals surface area contributed by atoms with Crippen LogP contribution in [0.2, 0.25) is 10.0 Å². The molecule has 39 heavy (non-hydrogen) atoms. The summed E-state index contributed by atoms with van der Waals surface area (Å²) in [6, 6.07) is 11.8. The Morgan fingerprint density at radius 3 is 2.59 bits per heavy atom. The summed E-state index contributed by atoms with van der Waals surface area (Å²) in [6.45, 7) is 4.89. The Hall–Kier alpha value is -2.15. The molecule has 1 fully saturated rings. The minimum Gasteiger partial charge on any atom is -0.377 e. The zero-order valence-electron chi connectivity index (χ0n) is 22.4. The Morgan fingerprint density at radius 2 is 1.85 bits per heavy atom. The molecule has 7 nitrogen and oxygen atoms in total. The van der Waals surface area contributed by atoms with Crippen LogP contribution < -0.4 is 21.7 Å². The van der Waals surface area contributed by atoms with Crippen LogP contribution in [0.15, 0.2) is 42.6 Å². The number of nitrogens with two attached hydrogens (primary N) is 1. The average molecular weight is 589 g/mol. The molecule has 208 valence electrons. The van der Waals surface area contributed by atoms with Crippen molar-refractivity contribution in [3.63, 3.8) is 0 Å². The summed E-state index contributed by atoms with van der Waals surface area (Å²) in [4.78, 5) is 9.00. The van der Waals surface area contributed by atoms with E-state index in [0.29, 0.717) is 51.2 Å². The average Bonchev–Trinajstić information content (AvgIpc) is 3.26. The molecule has 0 unspecified atom stereocenters. The Kier molecular flexibility index (Phi) is 8.85. The van der Waals surface area contributed by atoms with Crippen molar-refractivity contribution in [3.05, 3.63) is 63.8 Å². The molecular weight excluding hydrogens is 552 g/mol. The van der Waals surface area contributed by atoms with Crippen LogP contribution in [-0.2, 0) is 22.1 Å². The predicted octanol–water partition coefficient (Wildman–Crippen LogP) is 6.77. The Morgan fingerprint density at radius 1 is 1.05 bits per heavy atom. The van der Waals surface area contributed by atoms with Crippen molar-refractivity contribution in [1.29, 1.82) is 0 Å². The first-order valence-corrected chi connectivity index (χ1v) is 16.9. The lowest BCUT2D eigenvalue weighted by atomic mass is 9.87. The highest BCUT2D eigenvalue weighted by Gasteiger charge is 2.28. The second-order valence-corrected chi connectivity index (χ2v) is 15.1. The second kappa shape index (κ2) is 12.2. The quantitative estimate of drug-likeness (QED) is 0.197. The van der Waals surface area contributed by atoms with Crippen molar-refractivity contribution in [2.75, 3.05) is 37.1 Å². The lowest BCUT2D eigenvalue weighted by molar-refractivity contribution is 0.110. The zero-order valence-corrected chi connectivity index (χ0v) is 24.8. The van der Waals surface area contributed by atoms with Crippen molar-refractivity contribution in [2.24, 2.45) is 17.6 Å². The van der Waals surface area contributed by atoms with E-state index in [4.69, 9.17) is 33.7 Å². The van der Waals surface area contributed by atoms with E-state index in [1.165, 1.54) is 30.4 Å². The molecule has 0 amide bonds. The van der Waals surface area contributed by atoms with E-state index in [1.54, 1.807) is 37.7 Å². The van der Waals surface area contributed by atoms with Crippen molar-refractivity contribution in [2.45, 2.75) is 44.6 Å². The molecule has 0 saturated carbocycles. The number of nitrogens with zero attached hydrogens (tertiary/aromatic N) is 2. The number of fused-ring (bicyclic) bond motifs is 1. The van der Waals surface area contributed by atoms with E-state index in [0.717, 1.165) is 31.6 Å². The molecule has 4 N–H and O–H groups in total. The third-order valence-electron chi connectivity index (χ3n) is 7.74. The van der Waals surface area contributed by atoms with Crippen LogP contribution in [0.5, 0.6) is 0 Å². The van der Waals surface area contributed by atoms with E-state index < -0.39 is 7.14 Å². The molecule has 3 aromatic rings. The monoisotopic (exact) mass is 587 g/mol. The number of rotatable bonds is 8. The van der Waals surface area contributed by atoms with Crippen LogP contribution in [0.3, 0.4) is 0 Å². The van der Waals surface area contributed by atoms with Crippen molar-refractivity contribution >= 4 is 58.8 Å². The molecule has 3 atom stereocenters. The fourth-order valence-electron chi connectivity index (χ4n) is 5.69. The van der Waals surface area contributed by atoms with Crippen molar-refractivity contribution < 1.29 is 9.30 Å². The standard InChI is InChI=1S/C29H36Cl2N5O2P/c1-39(2,37)27-14-22(30)8-10-26(27)35-28-25(31)16-33-29(36-28)34-23-9-7-20-5-3-18(4-6-21(20)13-23)11-19-12-24(15-32)38-17-19/h7-10,13-14,16,18-19,24H,3-6,11-12,15,17,32H2,1-2H3,(H2,33,34,35,36)/t18-,19-,24-/m0/s1. The van der Waals surface area contributed by atoms with Gasteiger partial charge >= 0.3 is 0 Å². The molecule has 1 aliphatic carbocycles. The fourth-order valence-corrected chi connectivity index (χ4v) is 7.23. The maximum Gasteiger partial charge on any atom is 0.229 e. The van der Waals surface area contributed by atoms with Gasteiger partial charge in [0.2, 0.25) is 5.95 Å². The van der Waals surface area contributed by atoms with Gasteiger partial charge in [-0.2, -0.15) is 4.98 Å². The predicted molar refractivity (Wildman–Crippen MR) is 162 cm³/mol. The number of halogens is 2. The van der Waals surface area contributed by atoms with E-state index >= 15 is 0 Å². The number of anilines is 4. The van der Waals surface area contributed by atoms with Gasteiger partial charge in [-0.05, 0) is 105 Å². The maximum atomic E-state index is 12.9. The number of ether oxygens (including phenoxy) is 1. The molecule has 10 heteroatoms. The largest absolute Gasteiger partial charge is 0.377 e. The number of aromatic nitrogens is 2. The fraction of sp³-hybridized carbons (Fsp3) is 0.448. The minimum absolute atomic E-state index is 0.241. The van der Waals surface area contributed by atoms with Crippen LogP contribution >= 0.6 is 30.3 Å². The van der Waals surface area contributed by atoms with Gasteiger partial charge in [0.1, 0.15) is 12.2 Å². The summed E-state index contributed by atoms with van der Waals surface area (Å²) in [7, 11) is -2.59. The number of benzene rings is 2. The zero-order chi connectivity index (χ0) is 27.6. The molecule has 0 spiro atoms. The molecule has 1 saturated heterocycles. The first-order chi connectivity index (χ1) is 18.7. The number of nitrogens with one attached hydrogen (secondary N) is 2. The molecular formula is C29H36Cl2N5O2P. The summed E-state index contributed by atoms with van der Waals surface area (Å²) in [5, 5.41) is 8.10. The lowest BCUT2D eigenvalue weighted by Crippen LogP contribution is -2.18. The van der Waals surface area contributed by atoms with Gasteiger partial charge in [0.25, 0.3) is 0 Å². The van der Waals surface area contributed by atoms with Crippen LogP contribution in [0, 0.1) is 11.8 Å². The lowest BCUT2D eigenvalue weighted by Gasteiger charge is -2.17. The first-order valence-electron chi connectivity index (χ1n) is 13.5. The Balaban J connectivity index is 1.27. The van der Waals surface area contributed by atoms with Gasteiger partial charge in [-0.1, -0.05) is 29.3 Å². The minimum atomic E-state index is -2.59. The van der Waals surface area contributed by atoms with Gasteiger partial charge < -0.3 is 25.7 Å².